The van der Waals surface area contributed by atoms with Gasteiger partial charge in [0.25, 0.3) is 0 Å². The van der Waals surface area contributed by atoms with Gasteiger partial charge in [-0.25, -0.2) is 9.59 Å². The van der Waals surface area contributed by atoms with Crippen LogP contribution in [0, 0.1) is 5.41 Å². The van der Waals surface area contributed by atoms with E-state index in [1.54, 1.807) is 27.0 Å². The molecule has 10 heteroatoms. The van der Waals surface area contributed by atoms with Gasteiger partial charge in [-0.05, 0) is 68.7 Å². The summed E-state index contributed by atoms with van der Waals surface area (Å²) >= 11 is 0. The average Bonchev–Trinajstić information content (AvgIpc) is 2.99. The Morgan fingerprint density at radius 1 is 0.783 bits per heavy atom. The Kier molecular flexibility index (Phi) is 12.7. The smallest absolute Gasteiger partial charge is 0.407 e. The normalized spacial score (nSPS) is 14.3. The molecule has 0 spiro atoms. The van der Waals surface area contributed by atoms with E-state index in [2.05, 4.69) is 20.9 Å². The fourth-order valence-corrected chi connectivity index (χ4v) is 5.03. The number of aliphatic hydroxyl groups excluding tert-OH is 1. The molecule has 0 bridgehead atoms. The van der Waals surface area contributed by atoms with Gasteiger partial charge in [0.1, 0.15) is 11.6 Å². The van der Waals surface area contributed by atoms with E-state index in [-0.39, 0.29) is 6.42 Å². The molecule has 1 aromatic heterocycles. The number of nitrogens with zero attached hydrogens (tertiary/aromatic N) is 1. The molecule has 0 saturated heterocycles. The SMILES string of the molecule is COC(=O)N[C@H](C(=O)N[C@H](Cc1ccc(-c2ccccn2)cc1)C[C@H](O)[C@H](Cc1ccccc1)NC(=O)OC(C)(C)C)C(C)(C)C. The first kappa shape index (κ1) is 36.0. The van der Waals surface area contributed by atoms with Crippen molar-refractivity contribution in [3.05, 3.63) is 90.1 Å². The Bertz CT molecular complexity index is 1400. The number of hydrogen-bond acceptors (Lipinski definition) is 7. The maximum absolute atomic E-state index is 13.7. The molecule has 2 aromatic carbocycles. The lowest BCUT2D eigenvalue weighted by atomic mass is 9.85. The van der Waals surface area contributed by atoms with Crippen molar-refractivity contribution < 1.29 is 29.0 Å². The number of benzene rings is 2. The molecule has 0 fully saturated rings. The molecule has 4 atom stereocenters. The number of carbonyl (C=O) groups excluding carboxylic acids is 3. The Labute approximate surface area is 272 Å². The van der Waals surface area contributed by atoms with Gasteiger partial charge in [-0.3, -0.25) is 9.78 Å². The van der Waals surface area contributed by atoms with Crippen LogP contribution in [0.15, 0.2) is 79.0 Å². The van der Waals surface area contributed by atoms with Gasteiger partial charge < -0.3 is 30.5 Å². The Morgan fingerprint density at radius 3 is 1.98 bits per heavy atom. The molecule has 1 heterocycles. The lowest BCUT2D eigenvalue weighted by Crippen LogP contribution is -2.56. The largest absolute Gasteiger partial charge is 0.453 e. The van der Waals surface area contributed by atoms with E-state index in [1.165, 1.54) is 7.11 Å². The molecule has 0 unspecified atom stereocenters. The molecule has 3 aromatic rings. The molecular weight excluding hydrogens is 584 g/mol. The first-order chi connectivity index (χ1) is 21.6. The fourth-order valence-electron chi connectivity index (χ4n) is 5.03. The zero-order valence-corrected chi connectivity index (χ0v) is 27.9. The van der Waals surface area contributed by atoms with Crippen LogP contribution in [0.4, 0.5) is 9.59 Å². The summed E-state index contributed by atoms with van der Waals surface area (Å²) in [4.78, 5) is 43.1. The van der Waals surface area contributed by atoms with E-state index in [4.69, 9.17) is 9.47 Å². The van der Waals surface area contributed by atoms with Crippen LogP contribution in [0.1, 0.15) is 59.1 Å². The van der Waals surface area contributed by atoms with Gasteiger partial charge in [0, 0.05) is 17.8 Å². The molecule has 3 rings (SSSR count). The highest BCUT2D eigenvalue weighted by molar-refractivity contribution is 5.86. The lowest BCUT2D eigenvalue weighted by molar-refractivity contribution is -0.126. The number of amides is 3. The van der Waals surface area contributed by atoms with Crippen LogP contribution >= 0.6 is 0 Å². The molecule has 248 valence electrons. The minimum atomic E-state index is -1.06. The summed E-state index contributed by atoms with van der Waals surface area (Å²) in [7, 11) is 1.24. The molecular formula is C36H48N4O6. The maximum Gasteiger partial charge on any atom is 0.407 e. The van der Waals surface area contributed by atoms with Crippen molar-refractivity contribution in [2.24, 2.45) is 5.41 Å². The second-order valence-electron chi connectivity index (χ2n) is 13.5. The number of alkyl carbamates (subject to hydrolysis) is 2. The maximum atomic E-state index is 13.7. The third kappa shape index (κ3) is 11.8. The number of aliphatic hydroxyl groups is 1. The summed E-state index contributed by atoms with van der Waals surface area (Å²) in [6.45, 7) is 10.8. The van der Waals surface area contributed by atoms with Crippen molar-refractivity contribution in [1.82, 2.24) is 20.9 Å². The number of hydrogen-bond donors (Lipinski definition) is 4. The number of pyridine rings is 1. The van der Waals surface area contributed by atoms with Gasteiger partial charge in [-0.15, -0.1) is 0 Å². The number of rotatable bonds is 12. The van der Waals surface area contributed by atoms with Crippen LogP contribution in [0.25, 0.3) is 11.3 Å². The van der Waals surface area contributed by atoms with E-state index < -0.39 is 53.3 Å². The van der Waals surface area contributed by atoms with Crippen LogP contribution in [0.3, 0.4) is 0 Å². The molecule has 0 saturated carbocycles. The second-order valence-corrected chi connectivity index (χ2v) is 13.5. The first-order valence-electron chi connectivity index (χ1n) is 15.5. The van der Waals surface area contributed by atoms with Crippen LogP contribution < -0.4 is 16.0 Å². The topological polar surface area (TPSA) is 139 Å². The van der Waals surface area contributed by atoms with E-state index in [0.717, 1.165) is 22.4 Å². The second kappa shape index (κ2) is 16.2. The van der Waals surface area contributed by atoms with Gasteiger partial charge in [0.2, 0.25) is 5.91 Å². The van der Waals surface area contributed by atoms with Crippen molar-refractivity contribution in [2.75, 3.05) is 7.11 Å². The summed E-state index contributed by atoms with van der Waals surface area (Å²) < 4.78 is 10.3. The van der Waals surface area contributed by atoms with Crippen molar-refractivity contribution >= 4 is 18.1 Å². The molecule has 0 aliphatic heterocycles. The summed E-state index contributed by atoms with van der Waals surface area (Å²) in [6.07, 6.45) is 0.138. The van der Waals surface area contributed by atoms with Gasteiger partial charge in [-0.1, -0.05) is 81.4 Å². The van der Waals surface area contributed by atoms with E-state index in [1.807, 2.05) is 93.6 Å². The number of carbonyl (C=O) groups is 3. The molecule has 0 aliphatic carbocycles. The van der Waals surface area contributed by atoms with Gasteiger partial charge in [0.05, 0.1) is 24.9 Å². The Hall–Kier alpha value is -4.44. The molecule has 3 amide bonds. The molecule has 0 radical (unpaired) electrons. The predicted octanol–water partition coefficient (Wildman–Crippen LogP) is 5.43. The summed E-state index contributed by atoms with van der Waals surface area (Å²) in [5.74, 6) is -0.417. The van der Waals surface area contributed by atoms with Crippen LogP contribution in [-0.4, -0.2) is 65.1 Å². The number of aromatic nitrogens is 1. The Balaban J connectivity index is 1.89. The van der Waals surface area contributed by atoms with Crippen molar-refractivity contribution in [1.29, 1.82) is 0 Å². The van der Waals surface area contributed by atoms with Crippen molar-refractivity contribution in [3.63, 3.8) is 0 Å². The minimum Gasteiger partial charge on any atom is -0.453 e. The van der Waals surface area contributed by atoms with Crippen LogP contribution in [0.5, 0.6) is 0 Å². The monoisotopic (exact) mass is 632 g/mol. The van der Waals surface area contributed by atoms with Gasteiger partial charge in [0.15, 0.2) is 0 Å². The highest BCUT2D eigenvalue weighted by atomic mass is 16.6. The number of methoxy groups -OCH3 is 1. The molecule has 0 aliphatic rings. The zero-order valence-electron chi connectivity index (χ0n) is 27.9. The van der Waals surface area contributed by atoms with Crippen molar-refractivity contribution in [3.8, 4) is 11.3 Å². The summed E-state index contributed by atoms with van der Waals surface area (Å²) in [6, 6.07) is 20.9. The third-order valence-electron chi connectivity index (χ3n) is 7.31. The molecule has 46 heavy (non-hydrogen) atoms. The van der Waals surface area contributed by atoms with Gasteiger partial charge >= 0.3 is 12.2 Å². The third-order valence-corrected chi connectivity index (χ3v) is 7.31. The van der Waals surface area contributed by atoms with E-state index >= 15 is 0 Å². The van der Waals surface area contributed by atoms with E-state index in [9.17, 15) is 19.5 Å². The molecule has 4 N–H and O–H groups in total. The average molecular weight is 633 g/mol. The highest BCUT2D eigenvalue weighted by Crippen LogP contribution is 2.22. The first-order valence-corrected chi connectivity index (χ1v) is 15.5. The van der Waals surface area contributed by atoms with Crippen LogP contribution in [0.2, 0.25) is 0 Å². The molecule has 10 nitrogen and oxygen atoms in total. The fraction of sp³-hybridized carbons (Fsp3) is 0.444. The quantitative estimate of drug-likeness (QED) is 0.209. The minimum absolute atomic E-state index is 0.107. The summed E-state index contributed by atoms with van der Waals surface area (Å²) in [5, 5.41) is 20.2. The Morgan fingerprint density at radius 2 is 1.41 bits per heavy atom. The number of nitrogens with one attached hydrogen (secondary N) is 3. The lowest BCUT2D eigenvalue weighted by Gasteiger charge is -2.33. The standard InChI is InChI=1S/C36H48N4O6/c1-35(2,3)31(40-33(43)45-7)32(42)38-27(21-25-16-18-26(19-17-25)28-15-11-12-20-37-28)23-30(41)29(22-24-13-9-8-10-14-24)39-34(44)46-36(4,5)6/h8-20,27,29-31,41H,21-23H2,1-7H3,(H,38,42)(H,39,44)(H,40,43)/t27-,29+,30+,31-/m1/s1. The zero-order chi connectivity index (χ0) is 33.9. The van der Waals surface area contributed by atoms with Crippen LogP contribution in [-0.2, 0) is 27.1 Å². The number of ether oxygens (including phenoxy) is 2. The van der Waals surface area contributed by atoms with Crippen molar-refractivity contribution in [2.45, 2.75) is 90.6 Å². The highest BCUT2D eigenvalue weighted by Gasteiger charge is 2.35. The predicted molar refractivity (Wildman–Crippen MR) is 178 cm³/mol. The van der Waals surface area contributed by atoms with E-state index in [0.29, 0.717) is 12.8 Å². The van der Waals surface area contributed by atoms with Gasteiger partial charge in [-0.2, -0.15) is 0 Å². The summed E-state index contributed by atoms with van der Waals surface area (Å²) in [5.41, 5.74) is 2.27.